The highest BCUT2D eigenvalue weighted by Gasteiger charge is 2.52. The molecule has 1 saturated carbocycles. The molecule has 6 nitrogen and oxygen atoms in total. The molecule has 0 radical (unpaired) electrons. The van der Waals surface area contributed by atoms with E-state index in [2.05, 4.69) is 9.97 Å². The molecule has 1 aromatic heterocycles. The van der Waals surface area contributed by atoms with Crippen LogP contribution in [0.5, 0.6) is 0 Å². The second kappa shape index (κ2) is 6.04. The van der Waals surface area contributed by atoms with Gasteiger partial charge in [-0.1, -0.05) is 0 Å². The lowest BCUT2D eigenvalue weighted by molar-refractivity contribution is 0.0168. The Labute approximate surface area is 142 Å². The topological polar surface area (TPSA) is 79.1 Å². The molecule has 0 atom stereocenters. The van der Waals surface area contributed by atoms with Crippen molar-refractivity contribution >= 4 is 6.09 Å². The first-order valence-electron chi connectivity index (χ1n) is 8.56. The SMILES string of the molecule is CC(C)(C)OC(=O)N1CCC(C2(c3ccnc(C#N)n3)CC2)CC1. The summed E-state index contributed by atoms with van der Waals surface area (Å²) in [6, 6.07) is 3.96. The van der Waals surface area contributed by atoms with E-state index in [1.165, 1.54) is 0 Å². The van der Waals surface area contributed by atoms with Gasteiger partial charge in [-0.15, -0.1) is 0 Å². The average molecular weight is 328 g/mol. The molecule has 1 saturated heterocycles. The number of nitrogens with zero attached hydrogens (tertiary/aromatic N) is 4. The van der Waals surface area contributed by atoms with E-state index >= 15 is 0 Å². The molecule has 128 valence electrons. The van der Waals surface area contributed by atoms with Crippen LogP contribution in [0.1, 0.15) is 58.0 Å². The predicted molar refractivity (Wildman–Crippen MR) is 88.2 cm³/mol. The van der Waals surface area contributed by atoms with Crippen molar-refractivity contribution in [3.05, 3.63) is 23.8 Å². The van der Waals surface area contributed by atoms with E-state index in [0.717, 1.165) is 44.5 Å². The third-order valence-electron chi connectivity index (χ3n) is 4.98. The number of ether oxygens (including phenoxy) is 1. The van der Waals surface area contributed by atoms with E-state index in [1.807, 2.05) is 32.9 Å². The number of likely N-dealkylation sites (tertiary alicyclic amines) is 1. The first-order chi connectivity index (χ1) is 11.3. The number of aromatic nitrogens is 2. The highest BCUT2D eigenvalue weighted by Crippen LogP contribution is 2.56. The molecule has 1 aliphatic heterocycles. The van der Waals surface area contributed by atoms with E-state index in [4.69, 9.17) is 10.00 Å². The molecule has 6 heteroatoms. The van der Waals surface area contributed by atoms with Crippen molar-refractivity contribution < 1.29 is 9.53 Å². The number of carbonyl (C=O) groups excluding carboxylic acids is 1. The van der Waals surface area contributed by atoms with Gasteiger partial charge in [0.05, 0.1) is 5.69 Å². The van der Waals surface area contributed by atoms with Gasteiger partial charge >= 0.3 is 6.09 Å². The number of piperidine rings is 1. The summed E-state index contributed by atoms with van der Waals surface area (Å²) in [7, 11) is 0. The zero-order valence-electron chi connectivity index (χ0n) is 14.6. The van der Waals surface area contributed by atoms with Gasteiger partial charge in [0, 0.05) is 24.7 Å². The number of hydrogen-bond donors (Lipinski definition) is 0. The third kappa shape index (κ3) is 3.35. The van der Waals surface area contributed by atoms with Crippen LogP contribution in [0.15, 0.2) is 12.3 Å². The minimum Gasteiger partial charge on any atom is -0.444 e. The second-order valence-electron chi connectivity index (χ2n) is 7.78. The van der Waals surface area contributed by atoms with Crippen molar-refractivity contribution in [2.75, 3.05) is 13.1 Å². The summed E-state index contributed by atoms with van der Waals surface area (Å²) < 4.78 is 5.46. The molecule has 0 aromatic carbocycles. The smallest absolute Gasteiger partial charge is 0.410 e. The van der Waals surface area contributed by atoms with Gasteiger partial charge in [-0.2, -0.15) is 5.26 Å². The molecular weight excluding hydrogens is 304 g/mol. The van der Waals surface area contributed by atoms with E-state index in [1.54, 1.807) is 11.1 Å². The van der Waals surface area contributed by atoms with Gasteiger partial charge < -0.3 is 9.64 Å². The number of rotatable bonds is 2. The summed E-state index contributed by atoms with van der Waals surface area (Å²) >= 11 is 0. The fourth-order valence-corrected chi connectivity index (χ4v) is 3.64. The molecule has 2 heterocycles. The van der Waals surface area contributed by atoms with Crippen LogP contribution >= 0.6 is 0 Å². The zero-order chi connectivity index (χ0) is 17.4. The molecule has 1 aliphatic carbocycles. The standard InChI is InChI=1S/C18H24N4O2/c1-17(2,3)24-16(23)22-10-5-13(6-11-22)18(7-8-18)14-4-9-20-15(12-19)21-14/h4,9,13H,5-8,10-11H2,1-3H3. The third-order valence-corrected chi connectivity index (χ3v) is 4.98. The summed E-state index contributed by atoms with van der Waals surface area (Å²) in [6.45, 7) is 7.10. The summed E-state index contributed by atoms with van der Waals surface area (Å²) in [5.41, 5.74) is 0.610. The highest BCUT2D eigenvalue weighted by atomic mass is 16.6. The first kappa shape index (κ1) is 16.7. The predicted octanol–water partition coefficient (Wildman–Crippen LogP) is 3.03. The summed E-state index contributed by atoms with van der Waals surface area (Å²) in [6.07, 6.45) is 5.56. The maximum atomic E-state index is 12.2. The Kier molecular flexibility index (Phi) is 4.20. The fourth-order valence-electron chi connectivity index (χ4n) is 3.64. The van der Waals surface area contributed by atoms with Gasteiger partial charge in [0.25, 0.3) is 0 Å². The maximum Gasteiger partial charge on any atom is 0.410 e. The van der Waals surface area contributed by atoms with Crippen LogP contribution in [-0.4, -0.2) is 39.7 Å². The molecule has 0 bridgehead atoms. The van der Waals surface area contributed by atoms with Crippen molar-refractivity contribution in [1.29, 1.82) is 5.26 Å². The number of amides is 1. The Hall–Kier alpha value is -2.16. The Bertz CT molecular complexity index is 662. The highest BCUT2D eigenvalue weighted by molar-refractivity contribution is 5.68. The molecule has 2 fully saturated rings. The molecule has 0 N–H and O–H groups in total. The van der Waals surface area contributed by atoms with Crippen LogP contribution in [-0.2, 0) is 10.2 Å². The van der Waals surface area contributed by atoms with Gasteiger partial charge in [-0.25, -0.2) is 14.8 Å². The monoisotopic (exact) mass is 328 g/mol. The van der Waals surface area contributed by atoms with Gasteiger partial charge in [0.2, 0.25) is 5.82 Å². The van der Waals surface area contributed by atoms with Gasteiger partial charge in [-0.05, 0) is 58.4 Å². The Morgan fingerprint density at radius 1 is 1.38 bits per heavy atom. The van der Waals surface area contributed by atoms with Crippen molar-refractivity contribution in [1.82, 2.24) is 14.9 Å². The lowest BCUT2D eigenvalue weighted by Crippen LogP contribution is -2.43. The van der Waals surface area contributed by atoms with Crippen LogP contribution < -0.4 is 0 Å². The van der Waals surface area contributed by atoms with E-state index < -0.39 is 5.60 Å². The molecule has 1 aromatic rings. The molecule has 0 spiro atoms. The molecule has 3 rings (SSSR count). The lowest BCUT2D eigenvalue weighted by atomic mass is 9.79. The number of nitriles is 1. The second-order valence-corrected chi connectivity index (χ2v) is 7.78. The largest absolute Gasteiger partial charge is 0.444 e. The van der Waals surface area contributed by atoms with E-state index in [-0.39, 0.29) is 17.3 Å². The van der Waals surface area contributed by atoms with Crippen LogP contribution in [0.25, 0.3) is 0 Å². The molecule has 0 unspecified atom stereocenters. The van der Waals surface area contributed by atoms with E-state index in [0.29, 0.717) is 5.92 Å². The Balaban J connectivity index is 1.64. The van der Waals surface area contributed by atoms with Crippen molar-refractivity contribution in [2.24, 2.45) is 5.92 Å². The fraction of sp³-hybridized carbons (Fsp3) is 0.667. The van der Waals surface area contributed by atoms with Gasteiger partial charge in [-0.3, -0.25) is 0 Å². The average Bonchev–Trinajstić information content (AvgIpc) is 3.35. The van der Waals surface area contributed by atoms with Crippen LogP contribution in [0.4, 0.5) is 4.79 Å². The molecule has 1 amide bonds. The summed E-state index contributed by atoms with van der Waals surface area (Å²) in [4.78, 5) is 22.4. The number of carbonyl (C=O) groups is 1. The Morgan fingerprint density at radius 3 is 2.58 bits per heavy atom. The minimum absolute atomic E-state index is 0.0779. The minimum atomic E-state index is -0.458. The quantitative estimate of drug-likeness (QED) is 0.833. The molecule has 24 heavy (non-hydrogen) atoms. The van der Waals surface area contributed by atoms with Crippen molar-refractivity contribution in [2.45, 2.75) is 57.5 Å². The van der Waals surface area contributed by atoms with E-state index in [9.17, 15) is 4.79 Å². The lowest BCUT2D eigenvalue weighted by Gasteiger charge is -2.36. The van der Waals surface area contributed by atoms with Gasteiger partial charge in [0.15, 0.2) is 0 Å². The zero-order valence-corrected chi connectivity index (χ0v) is 14.6. The maximum absolute atomic E-state index is 12.2. The normalized spacial score (nSPS) is 20.3. The van der Waals surface area contributed by atoms with Crippen molar-refractivity contribution in [3.8, 4) is 6.07 Å². The molecular formula is C18H24N4O2. The Morgan fingerprint density at radius 2 is 2.04 bits per heavy atom. The summed E-state index contributed by atoms with van der Waals surface area (Å²) in [5, 5.41) is 9.01. The van der Waals surface area contributed by atoms with Crippen LogP contribution in [0.2, 0.25) is 0 Å². The van der Waals surface area contributed by atoms with Crippen LogP contribution in [0.3, 0.4) is 0 Å². The number of hydrogen-bond acceptors (Lipinski definition) is 5. The van der Waals surface area contributed by atoms with Gasteiger partial charge in [0.1, 0.15) is 11.7 Å². The summed E-state index contributed by atoms with van der Waals surface area (Å²) in [5.74, 6) is 0.739. The van der Waals surface area contributed by atoms with Crippen molar-refractivity contribution in [3.63, 3.8) is 0 Å². The van der Waals surface area contributed by atoms with Crippen LogP contribution in [0, 0.1) is 17.2 Å². The molecule has 2 aliphatic rings. The first-order valence-corrected chi connectivity index (χ1v) is 8.56.